The van der Waals surface area contributed by atoms with Crippen LogP contribution in [0.4, 0.5) is 0 Å². The molecular weight excluding hydrogens is 148 g/mol. The third-order valence-corrected chi connectivity index (χ3v) is 1.37. The Kier molecular flexibility index (Phi) is 6.25. The Morgan fingerprint density at radius 2 is 2.40 bits per heavy atom. The van der Waals surface area contributed by atoms with Gasteiger partial charge in [-0.15, -0.1) is 0 Å². The number of nitriles is 1. The predicted octanol–water partition coefficient (Wildman–Crippen LogP) is 1.58. The van der Waals surface area contributed by atoms with Crippen molar-refractivity contribution >= 4 is 11.6 Å². The van der Waals surface area contributed by atoms with Crippen molar-refractivity contribution in [1.82, 2.24) is 4.90 Å². The molecule has 0 radical (unpaired) electrons. The summed E-state index contributed by atoms with van der Waals surface area (Å²) in [6.07, 6.45) is 1.82. The third-order valence-electron chi connectivity index (χ3n) is 1.19. The van der Waals surface area contributed by atoms with E-state index < -0.39 is 0 Å². The van der Waals surface area contributed by atoms with Gasteiger partial charge in [-0.3, -0.25) is 4.90 Å². The summed E-state index contributed by atoms with van der Waals surface area (Å²) < 4.78 is 0. The Balaban J connectivity index is 3.51. The third kappa shape index (κ3) is 4.37. The van der Waals surface area contributed by atoms with Crippen LogP contribution in [0, 0.1) is 11.3 Å². The molecule has 10 heavy (non-hydrogen) atoms. The molecule has 0 atom stereocenters. The van der Waals surface area contributed by atoms with Gasteiger partial charge < -0.3 is 0 Å². The van der Waals surface area contributed by atoms with Gasteiger partial charge in [-0.2, -0.15) is 5.26 Å². The molecule has 0 spiro atoms. The first-order valence-corrected chi connectivity index (χ1v) is 3.63. The zero-order valence-electron chi connectivity index (χ0n) is 6.05. The fourth-order valence-electron chi connectivity index (χ4n) is 0.594. The minimum absolute atomic E-state index is 0.470. The van der Waals surface area contributed by atoms with E-state index in [9.17, 15) is 0 Å². The molecule has 56 valence electrons. The van der Waals surface area contributed by atoms with Crippen LogP contribution in [0.3, 0.4) is 0 Å². The van der Waals surface area contributed by atoms with Gasteiger partial charge in [0.1, 0.15) is 0 Å². The Morgan fingerprint density at radius 3 is 2.80 bits per heavy atom. The second kappa shape index (κ2) is 6.60. The van der Waals surface area contributed by atoms with E-state index in [1.165, 1.54) is 5.54 Å². The molecule has 0 N–H and O–H groups in total. The quantitative estimate of drug-likeness (QED) is 0.581. The predicted molar refractivity (Wildman–Crippen MR) is 42.7 cm³/mol. The van der Waals surface area contributed by atoms with Gasteiger partial charge in [0.25, 0.3) is 0 Å². The standard InChI is InChI=1S/C7H11ClN2/c1-2-10(7-5-9)6-3-4-8/h3-4H,2,6-7H2,1H3. The van der Waals surface area contributed by atoms with E-state index in [1.807, 2.05) is 17.9 Å². The summed E-state index contributed by atoms with van der Waals surface area (Å²) in [6, 6.07) is 2.08. The molecule has 0 aliphatic heterocycles. The first-order valence-electron chi connectivity index (χ1n) is 3.19. The van der Waals surface area contributed by atoms with Crippen LogP contribution in [0.25, 0.3) is 0 Å². The molecule has 0 aromatic carbocycles. The molecule has 0 heterocycles. The summed E-state index contributed by atoms with van der Waals surface area (Å²) in [4.78, 5) is 1.98. The van der Waals surface area contributed by atoms with Crippen LogP contribution in [0.1, 0.15) is 6.92 Å². The Morgan fingerprint density at radius 1 is 1.70 bits per heavy atom. The zero-order chi connectivity index (χ0) is 7.82. The lowest BCUT2D eigenvalue weighted by Gasteiger charge is -2.12. The largest absolute Gasteiger partial charge is 0.287 e. The summed E-state index contributed by atoms with van der Waals surface area (Å²) in [6.45, 7) is 4.12. The number of halogens is 1. The van der Waals surface area contributed by atoms with E-state index in [2.05, 4.69) is 6.07 Å². The van der Waals surface area contributed by atoms with E-state index in [4.69, 9.17) is 16.9 Å². The molecule has 0 aromatic rings. The molecule has 0 rings (SSSR count). The second-order valence-corrected chi connectivity index (χ2v) is 2.10. The highest BCUT2D eigenvalue weighted by molar-refractivity contribution is 6.25. The van der Waals surface area contributed by atoms with Gasteiger partial charge in [-0.25, -0.2) is 0 Å². The first kappa shape index (κ1) is 9.48. The van der Waals surface area contributed by atoms with Crippen LogP contribution in [0.15, 0.2) is 11.6 Å². The van der Waals surface area contributed by atoms with Crippen molar-refractivity contribution in [3.8, 4) is 6.07 Å². The fraction of sp³-hybridized carbons (Fsp3) is 0.571. The topological polar surface area (TPSA) is 27.0 Å². The van der Waals surface area contributed by atoms with Crippen LogP contribution in [-0.4, -0.2) is 24.5 Å². The number of likely N-dealkylation sites (N-methyl/N-ethyl adjacent to an activating group) is 1. The molecule has 0 amide bonds. The summed E-state index contributed by atoms with van der Waals surface area (Å²) in [5, 5.41) is 8.32. The molecular formula is C7H11ClN2. The van der Waals surface area contributed by atoms with Crippen LogP contribution in [-0.2, 0) is 0 Å². The lowest BCUT2D eigenvalue weighted by molar-refractivity contribution is 0.358. The highest BCUT2D eigenvalue weighted by atomic mass is 35.5. The minimum atomic E-state index is 0.470. The maximum absolute atomic E-state index is 8.32. The van der Waals surface area contributed by atoms with Crippen LogP contribution < -0.4 is 0 Å². The smallest absolute Gasteiger partial charge is 0.0868 e. The molecule has 2 nitrogen and oxygen atoms in total. The van der Waals surface area contributed by atoms with Crippen molar-refractivity contribution in [1.29, 1.82) is 5.26 Å². The average molecular weight is 159 g/mol. The van der Waals surface area contributed by atoms with E-state index >= 15 is 0 Å². The average Bonchev–Trinajstić information content (AvgIpc) is 1.98. The monoisotopic (exact) mass is 158 g/mol. The van der Waals surface area contributed by atoms with E-state index in [-0.39, 0.29) is 0 Å². The lowest BCUT2D eigenvalue weighted by atomic mass is 10.5. The van der Waals surface area contributed by atoms with Gasteiger partial charge in [-0.1, -0.05) is 24.6 Å². The van der Waals surface area contributed by atoms with Gasteiger partial charge in [-0.05, 0) is 6.54 Å². The number of nitrogens with zero attached hydrogens (tertiary/aromatic N) is 2. The molecule has 0 aliphatic carbocycles. The Bertz CT molecular complexity index is 137. The highest BCUT2D eigenvalue weighted by Gasteiger charge is 1.95. The first-order chi connectivity index (χ1) is 4.85. The van der Waals surface area contributed by atoms with Crippen LogP contribution >= 0.6 is 11.6 Å². The van der Waals surface area contributed by atoms with Crippen molar-refractivity contribution in [2.75, 3.05) is 19.6 Å². The van der Waals surface area contributed by atoms with Gasteiger partial charge in [0.05, 0.1) is 12.6 Å². The van der Waals surface area contributed by atoms with Crippen molar-refractivity contribution in [3.05, 3.63) is 11.6 Å². The van der Waals surface area contributed by atoms with E-state index in [0.717, 1.165) is 13.1 Å². The second-order valence-electron chi connectivity index (χ2n) is 1.85. The molecule has 0 aliphatic rings. The molecule has 0 saturated heterocycles. The van der Waals surface area contributed by atoms with Crippen LogP contribution in [0.5, 0.6) is 0 Å². The van der Waals surface area contributed by atoms with Crippen molar-refractivity contribution < 1.29 is 0 Å². The molecule has 0 fully saturated rings. The van der Waals surface area contributed by atoms with Gasteiger partial charge >= 0.3 is 0 Å². The highest BCUT2D eigenvalue weighted by Crippen LogP contribution is 1.87. The number of rotatable bonds is 4. The Hall–Kier alpha value is -0.520. The number of hydrogen-bond donors (Lipinski definition) is 0. The summed E-state index contributed by atoms with van der Waals surface area (Å²) in [5.41, 5.74) is 1.47. The molecule has 0 saturated carbocycles. The summed E-state index contributed by atoms with van der Waals surface area (Å²) >= 11 is 5.31. The number of hydrogen-bond acceptors (Lipinski definition) is 2. The van der Waals surface area contributed by atoms with Crippen molar-refractivity contribution in [2.24, 2.45) is 0 Å². The summed E-state index contributed by atoms with van der Waals surface area (Å²) in [5.74, 6) is 0. The van der Waals surface area contributed by atoms with Crippen LogP contribution in [0.2, 0.25) is 0 Å². The normalized spacial score (nSPS) is 10.6. The maximum atomic E-state index is 8.32. The Labute approximate surface area is 66.7 Å². The maximum Gasteiger partial charge on any atom is 0.0868 e. The zero-order valence-corrected chi connectivity index (χ0v) is 6.80. The fourth-order valence-corrected chi connectivity index (χ4v) is 0.674. The molecule has 0 aromatic heterocycles. The van der Waals surface area contributed by atoms with Gasteiger partial charge in [0, 0.05) is 12.1 Å². The van der Waals surface area contributed by atoms with E-state index in [0.29, 0.717) is 6.54 Å². The molecule has 3 heteroatoms. The van der Waals surface area contributed by atoms with E-state index in [1.54, 1.807) is 0 Å². The molecule has 0 bridgehead atoms. The minimum Gasteiger partial charge on any atom is -0.287 e. The SMILES string of the molecule is CCN(CC#N)CC=CCl. The van der Waals surface area contributed by atoms with Crippen molar-refractivity contribution in [2.45, 2.75) is 6.92 Å². The van der Waals surface area contributed by atoms with Gasteiger partial charge in [0.15, 0.2) is 0 Å². The van der Waals surface area contributed by atoms with Gasteiger partial charge in [0.2, 0.25) is 0 Å². The summed E-state index contributed by atoms with van der Waals surface area (Å²) in [7, 11) is 0. The lowest BCUT2D eigenvalue weighted by Crippen LogP contribution is -2.23. The molecule has 0 unspecified atom stereocenters. The van der Waals surface area contributed by atoms with Crippen molar-refractivity contribution in [3.63, 3.8) is 0 Å².